The smallest absolute Gasteiger partial charge is 0.255 e. The Kier molecular flexibility index (Phi) is 4.57. The van der Waals surface area contributed by atoms with Gasteiger partial charge in [0.1, 0.15) is 0 Å². The van der Waals surface area contributed by atoms with Crippen molar-refractivity contribution in [3.05, 3.63) is 46.7 Å². The Balaban J connectivity index is 1.68. The van der Waals surface area contributed by atoms with Gasteiger partial charge in [0.05, 0.1) is 22.0 Å². The normalized spacial score (nSPS) is 18.0. The van der Waals surface area contributed by atoms with Gasteiger partial charge < -0.3 is 10.2 Å². The Morgan fingerprint density at radius 2 is 2.17 bits per heavy atom. The summed E-state index contributed by atoms with van der Waals surface area (Å²) in [5, 5.41) is 8.11. The molecule has 1 aliphatic rings. The second kappa shape index (κ2) is 6.62. The van der Waals surface area contributed by atoms with Crippen molar-refractivity contribution in [3.8, 4) is 0 Å². The van der Waals surface area contributed by atoms with E-state index in [1.54, 1.807) is 10.9 Å². The van der Waals surface area contributed by atoms with E-state index in [-0.39, 0.29) is 11.9 Å². The predicted octanol–water partition coefficient (Wildman–Crippen LogP) is 2.78. The molecule has 0 saturated carbocycles. The zero-order valence-corrected chi connectivity index (χ0v) is 14.2. The molecule has 6 heteroatoms. The minimum absolute atomic E-state index is 0.0541. The Morgan fingerprint density at radius 3 is 2.87 bits per heavy atom. The van der Waals surface area contributed by atoms with Crippen LogP contribution in [0, 0.1) is 6.92 Å². The van der Waals surface area contributed by atoms with E-state index in [1.165, 1.54) is 0 Å². The molecule has 2 heterocycles. The molecule has 1 fully saturated rings. The van der Waals surface area contributed by atoms with Crippen LogP contribution in [0.15, 0.2) is 30.5 Å². The van der Waals surface area contributed by atoms with Gasteiger partial charge in [0.15, 0.2) is 0 Å². The second-order valence-electron chi connectivity index (χ2n) is 6.01. The van der Waals surface area contributed by atoms with Crippen LogP contribution in [0.5, 0.6) is 0 Å². The number of aromatic nitrogens is 2. The molecule has 0 unspecified atom stereocenters. The number of hydrogen-bond acceptors (Lipinski definition) is 3. The van der Waals surface area contributed by atoms with Crippen LogP contribution in [0.1, 0.15) is 28.9 Å². The maximum atomic E-state index is 12.4. The summed E-state index contributed by atoms with van der Waals surface area (Å²) in [6.07, 6.45) is 3.77. The third-order valence-electron chi connectivity index (χ3n) is 4.21. The summed E-state index contributed by atoms with van der Waals surface area (Å²) < 4.78 is 1.67. The van der Waals surface area contributed by atoms with Crippen LogP contribution in [0.4, 0.5) is 5.69 Å². The van der Waals surface area contributed by atoms with Gasteiger partial charge in [-0.25, -0.2) is 0 Å². The van der Waals surface area contributed by atoms with Crippen molar-refractivity contribution in [2.45, 2.75) is 25.8 Å². The van der Waals surface area contributed by atoms with Gasteiger partial charge in [0, 0.05) is 32.4 Å². The average molecular weight is 333 g/mol. The number of para-hydroxylation sites is 1. The molecule has 2 aromatic rings. The van der Waals surface area contributed by atoms with Gasteiger partial charge in [-0.05, 0) is 31.9 Å². The lowest BCUT2D eigenvalue weighted by atomic mass is 10.0. The number of hydrogen-bond donors (Lipinski definition) is 1. The summed E-state index contributed by atoms with van der Waals surface area (Å²) in [6.45, 7) is 3.59. The van der Waals surface area contributed by atoms with Gasteiger partial charge in [-0.2, -0.15) is 5.10 Å². The van der Waals surface area contributed by atoms with Crippen molar-refractivity contribution in [1.82, 2.24) is 15.1 Å². The van der Waals surface area contributed by atoms with Crippen molar-refractivity contribution >= 4 is 23.2 Å². The summed E-state index contributed by atoms with van der Waals surface area (Å²) in [4.78, 5) is 14.7. The van der Waals surface area contributed by atoms with Crippen molar-refractivity contribution in [3.63, 3.8) is 0 Å². The molecule has 1 atom stereocenters. The minimum atomic E-state index is -0.0541. The molecular weight excluding hydrogens is 312 g/mol. The lowest BCUT2D eigenvalue weighted by Crippen LogP contribution is -2.48. The van der Waals surface area contributed by atoms with E-state index in [1.807, 2.05) is 38.2 Å². The summed E-state index contributed by atoms with van der Waals surface area (Å²) >= 11 is 6.29. The maximum Gasteiger partial charge on any atom is 0.255 e. The van der Waals surface area contributed by atoms with E-state index < -0.39 is 0 Å². The molecule has 122 valence electrons. The second-order valence-corrected chi connectivity index (χ2v) is 6.42. The fourth-order valence-electron chi connectivity index (χ4n) is 3.11. The number of aryl methyl sites for hydroxylation is 2. The Labute approximate surface area is 141 Å². The molecule has 5 nitrogen and oxygen atoms in total. The molecule has 1 saturated heterocycles. The molecule has 0 bridgehead atoms. The van der Waals surface area contributed by atoms with Gasteiger partial charge in [0.2, 0.25) is 0 Å². The van der Waals surface area contributed by atoms with Crippen LogP contribution in [-0.2, 0) is 7.05 Å². The number of amides is 1. The van der Waals surface area contributed by atoms with Crippen LogP contribution in [-0.4, -0.2) is 34.8 Å². The van der Waals surface area contributed by atoms with Gasteiger partial charge in [-0.1, -0.05) is 23.7 Å². The summed E-state index contributed by atoms with van der Waals surface area (Å²) in [6, 6.07) is 7.96. The molecule has 1 aromatic heterocycles. The number of benzene rings is 1. The van der Waals surface area contributed by atoms with Gasteiger partial charge in [0.25, 0.3) is 5.91 Å². The lowest BCUT2D eigenvalue weighted by molar-refractivity contribution is 0.0932. The standard InChI is InChI=1S/C17H21ClN4O/c1-12-14(11-21(2)20-12)17(23)19-13-6-5-9-22(10-13)16-8-4-3-7-15(16)18/h3-4,7-8,11,13H,5-6,9-10H2,1-2H3,(H,19,23)/t13-/m1/s1. The first kappa shape index (κ1) is 15.9. The molecule has 1 amide bonds. The first-order valence-electron chi connectivity index (χ1n) is 7.85. The number of nitrogens with zero attached hydrogens (tertiary/aromatic N) is 3. The Hall–Kier alpha value is -2.01. The van der Waals surface area contributed by atoms with E-state index in [0.29, 0.717) is 5.56 Å². The molecule has 0 spiro atoms. The molecular formula is C17H21ClN4O. The van der Waals surface area contributed by atoms with E-state index in [4.69, 9.17) is 11.6 Å². The summed E-state index contributed by atoms with van der Waals surface area (Å²) in [7, 11) is 1.82. The number of carbonyl (C=O) groups excluding carboxylic acids is 1. The van der Waals surface area contributed by atoms with E-state index in [9.17, 15) is 4.79 Å². The summed E-state index contributed by atoms with van der Waals surface area (Å²) in [5.74, 6) is -0.0541. The van der Waals surface area contributed by atoms with Crippen LogP contribution in [0.2, 0.25) is 5.02 Å². The first-order valence-corrected chi connectivity index (χ1v) is 8.23. The van der Waals surface area contributed by atoms with Crippen LogP contribution in [0.3, 0.4) is 0 Å². The number of piperidine rings is 1. The molecule has 0 aliphatic carbocycles. The van der Waals surface area contributed by atoms with Gasteiger partial charge >= 0.3 is 0 Å². The quantitative estimate of drug-likeness (QED) is 0.940. The largest absolute Gasteiger partial charge is 0.368 e. The molecule has 1 aliphatic heterocycles. The average Bonchev–Trinajstić information content (AvgIpc) is 2.87. The van der Waals surface area contributed by atoms with Crippen LogP contribution >= 0.6 is 11.6 Å². The van der Waals surface area contributed by atoms with Crippen molar-refractivity contribution in [2.24, 2.45) is 7.05 Å². The highest BCUT2D eigenvalue weighted by molar-refractivity contribution is 6.33. The van der Waals surface area contributed by atoms with Gasteiger partial charge in [-0.15, -0.1) is 0 Å². The van der Waals surface area contributed by atoms with Crippen molar-refractivity contribution < 1.29 is 4.79 Å². The zero-order valence-electron chi connectivity index (χ0n) is 13.4. The number of anilines is 1. The minimum Gasteiger partial charge on any atom is -0.368 e. The van der Waals surface area contributed by atoms with Gasteiger partial charge in [-0.3, -0.25) is 9.48 Å². The first-order chi connectivity index (χ1) is 11.0. The fourth-order valence-corrected chi connectivity index (χ4v) is 3.36. The highest BCUT2D eigenvalue weighted by Gasteiger charge is 2.24. The number of carbonyl (C=O) groups is 1. The summed E-state index contributed by atoms with van der Waals surface area (Å²) in [5.41, 5.74) is 2.43. The highest BCUT2D eigenvalue weighted by atomic mass is 35.5. The number of halogens is 1. The fraction of sp³-hybridized carbons (Fsp3) is 0.412. The third-order valence-corrected chi connectivity index (χ3v) is 4.53. The van der Waals surface area contributed by atoms with E-state index in [0.717, 1.165) is 42.3 Å². The lowest BCUT2D eigenvalue weighted by Gasteiger charge is -2.35. The third kappa shape index (κ3) is 3.50. The monoisotopic (exact) mass is 332 g/mol. The topological polar surface area (TPSA) is 50.2 Å². The molecule has 3 rings (SSSR count). The Bertz CT molecular complexity index is 712. The highest BCUT2D eigenvalue weighted by Crippen LogP contribution is 2.27. The van der Waals surface area contributed by atoms with Crippen LogP contribution < -0.4 is 10.2 Å². The molecule has 0 radical (unpaired) electrons. The maximum absolute atomic E-state index is 12.4. The van der Waals surface area contributed by atoms with E-state index in [2.05, 4.69) is 15.3 Å². The Morgan fingerprint density at radius 1 is 1.39 bits per heavy atom. The number of rotatable bonds is 3. The molecule has 23 heavy (non-hydrogen) atoms. The van der Waals surface area contributed by atoms with Crippen LogP contribution in [0.25, 0.3) is 0 Å². The molecule has 1 N–H and O–H groups in total. The van der Waals surface area contributed by atoms with E-state index >= 15 is 0 Å². The SMILES string of the molecule is Cc1nn(C)cc1C(=O)N[C@@H]1CCCN(c2ccccc2Cl)C1. The van der Waals surface area contributed by atoms with Crippen molar-refractivity contribution in [1.29, 1.82) is 0 Å². The number of nitrogens with one attached hydrogen (secondary N) is 1. The zero-order chi connectivity index (χ0) is 16.4. The molecule has 1 aromatic carbocycles. The predicted molar refractivity (Wildman–Crippen MR) is 92.1 cm³/mol. The van der Waals surface area contributed by atoms with Crippen molar-refractivity contribution in [2.75, 3.05) is 18.0 Å².